The molecule has 1 aromatic carbocycles. The van der Waals surface area contributed by atoms with Gasteiger partial charge in [0.15, 0.2) is 0 Å². The molecule has 3 nitrogen and oxygen atoms in total. The van der Waals surface area contributed by atoms with Crippen LogP contribution in [0.25, 0.3) is 6.08 Å². The molecule has 0 spiro atoms. The number of phenolic OH excluding ortho intramolecular Hbond substituents is 1. The smallest absolute Gasteiger partial charge is 0.133 e. The number of hydrogen-bond acceptors (Lipinski definition) is 3. The maximum absolute atomic E-state index is 9.34. The number of rotatable bonds is 3. The summed E-state index contributed by atoms with van der Waals surface area (Å²) in [6.07, 6.45) is 4.18. The molecule has 72 valence electrons. The third-order valence-corrected chi connectivity index (χ3v) is 1.75. The van der Waals surface area contributed by atoms with Crippen molar-refractivity contribution in [2.24, 2.45) is 0 Å². The fourth-order valence-corrected chi connectivity index (χ4v) is 1.04. The van der Waals surface area contributed by atoms with Crippen molar-refractivity contribution in [1.29, 1.82) is 5.26 Å². The first-order chi connectivity index (χ1) is 6.77. The molecule has 0 radical (unpaired) electrons. The van der Waals surface area contributed by atoms with E-state index in [-0.39, 0.29) is 17.9 Å². The summed E-state index contributed by atoms with van der Waals surface area (Å²) in [4.78, 5) is 0. The summed E-state index contributed by atoms with van der Waals surface area (Å²) < 4.78 is 0. The number of nitrogens with zero attached hydrogens (tertiary/aromatic N) is 1. The van der Waals surface area contributed by atoms with Gasteiger partial charge < -0.3 is 10.2 Å². The minimum Gasteiger partial charge on any atom is -0.507 e. The third kappa shape index (κ3) is 2.61. The van der Waals surface area contributed by atoms with E-state index in [0.717, 1.165) is 5.56 Å². The van der Waals surface area contributed by atoms with Gasteiger partial charge in [-0.3, -0.25) is 0 Å². The van der Waals surface area contributed by atoms with E-state index < -0.39 is 0 Å². The van der Waals surface area contributed by atoms with Crippen molar-refractivity contribution in [2.45, 2.75) is 6.42 Å². The molecule has 0 fully saturated rings. The van der Waals surface area contributed by atoms with Gasteiger partial charge in [0.25, 0.3) is 0 Å². The molecule has 0 saturated carbocycles. The van der Waals surface area contributed by atoms with Gasteiger partial charge in [-0.15, -0.1) is 0 Å². The fraction of sp³-hybridized carbons (Fsp3) is 0.182. The highest BCUT2D eigenvalue weighted by atomic mass is 16.3. The summed E-state index contributed by atoms with van der Waals surface area (Å²) in [5, 5.41) is 26.4. The molecule has 1 rings (SSSR count). The average molecular weight is 189 g/mol. The second-order valence-corrected chi connectivity index (χ2v) is 2.80. The Kier molecular flexibility index (Phi) is 3.71. The molecule has 3 heteroatoms. The SMILES string of the molecule is N#Cc1ccc(C=CCCO)cc1O. The third-order valence-electron chi connectivity index (χ3n) is 1.75. The minimum absolute atomic E-state index is 0.0151. The van der Waals surface area contributed by atoms with E-state index in [9.17, 15) is 5.11 Å². The van der Waals surface area contributed by atoms with Gasteiger partial charge in [-0.1, -0.05) is 18.2 Å². The van der Waals surface area contributed by atoms with E-state index >= 15 is 0 Å². The van der Waals surface area contributed by atoms with Gasteiger partial charge in [-0.25, -0.2) is 0 Å². The van der Waals surface area contributed by atoms with Crippen LogP contribution in [-0.2, 0) is 0 Å². The van der Waals surface area contributed by atoms with Crippen LogP contribution in [0.2, 0.25) is 0 Å². The van der Waals surface area contributed by atoms with Crippen LogP contribution < -0.4 is 0 Å². The lowest BCUT2D eigenvalue weighted by Gasteiger charge is -1.97. The first kappa shape index (κ1) is 10.3. The Bertz CT molecular complexity index is 377. The molecule has 2 N–H and O–H groups in total. The number of hydrogen-bond donors (Lipinski definition) is 2. The second-order valence-electron chi connectivity index (χ2n) is 2.80. The van der Waals surface area contributed by atoms with Gasteiger partial charge in [-0.05, 0) is 24.1 Å². The van der Waals surface area contributed by atoms with Crippen molar-refractivity contribution in [2.75, 3.05) is 6.61 Å². The van der Waals surface area contributed by atoms with Crippen molar-refractivity contribution < 1.29 is 10.2 Å². The quantitative estimate of drug-likeness (QED) is 0.760. The van der Waals surface area contributed by atoms with Crippen molar-refractivity contribution in [3.8, 4) is 11.8 Å². The molecule has 0 saturated heterocycles. The second kappa shape index (κ2) is 5.05. The summed E-state index contributed by atoms with van der Waals surface area (Å²) in [5.74, 6) is -0.0151. The number of nitriles is 1. The van der Waals surface area contributed by atoms with Gasteiger partial charge in [-0.2, -0.15) is 5.26 Å². The lowest BCUT2D eigenvalue weighted by molar-refractivity contribution is 0.303. The van der Waals surface area contributed by atoms with Gasteiger partial charge in [0.05, 0.1) is 5.56 Å². The molecule has 0 unspecified atom stereocenters. The highest BCUT2D eigenvalue weighted by molar-refractivity contribution is 5.55. The highest BCUT2D eigenvalue weighted by Crippen LogP contribution is 2.18. The first-order valence-corrected chi connectivity index (χ1v) is 4.28. The average Bonchev–Trinajstić information content (AvgIpc) is 2.18. The minimum atomic E-state index is -0.0151. The largest absolute Gasteiger partial charge is 0.507 e. The molecular weight excluding hydrogens is 178 g/mol. The fourth-order valence-electron chi connectivity index (χ4n) is 1.04. The van der Waals surface area contributed by atoms with E-state index in [0.29, 0.717) is 6.42 Å². The predicted molar refractivity (Wildman–Crippen MR) is 53.6 cm³/mol. The molecule has 0 amide bonds. The molecule has 0 aliphatic carbocycles. The number of aromatic hydroxyl groups is 1. The maximum atomic E-state index is 9.34. The molecule has 0 bridgehead atoms. The van der Waals surface area contributed by atoms with Crippen molar-refractivity contribution >= 4 is 6.08 Å². The van der Waals surface area contributed by atoms with Crippen LogP contribution in [0, 0.1) is 11.3 Å². The van der Waals surface area contributed by atoms with Crippen LogP contribution >= 0.6 is 0 Å². The van der Waals surface area contributed by atoms with E-state index in [1.165, 1.54) is 6.07 Å². The molecule has 0 aliphatic heterocycles. The van der Waals surface area contributed by atoms with E-state index in [4.69, 9.17) is 10.4 Å². The Hall–Kier alpha value is -1.79. The summed E-state index contributed by atoms with van der Waals surface area (Å²) >= 11 is 0. The topological polar surface area (TPSA) is 64.2 Å². The zero-order chi connectivity index (χ0) is 10.4. The molecule has 0 aromatic heterocycles. The van der Waals surface area contributed by atoms with Crippen molar-refractivity contribution in [3.63, 3.8) is 0 Å². The van der Waals surface area contributed by atoms with E-state index in [1.54, 1.807) is 24.3 Å². The van der Waals surface area contributed by atoms with Crippen LogP contribution in [0.1, 0.15) is 17.5 Å². The maximum Gasteiger partial charge on any atom is 0.133 e. The van der Waals surface area contributed by atoms with Crippen molar-refractivity contribution in [3.05, 3.63) is 35.4 Å². The van der Waals surface area contributed by atoms with Gasteiger partial charge in [0.1, 0.15) is 11.8 Å². The molecule has 1 aromatic rings. The molecule has 0 atom stereocenters. The summed E-state index contributed by atoms with van der Waals surface area (Å²) in [6.45, 7) is 0.110. The summed E-state index contributed by atoms with van der Waals surface area (Å²) in [6, 6.07) is 6.70. The number of aliphatic hydroxyl groups excluding tert-OH is 1. The van der Waals surface area contributed by atoms with Crippen LogP contribution in [0.5, 0.6) is 5.75 Å². The Labute approximate surface area is 82.5 Å². The Morgan fingerprint density at radius 1 is 1.43 bits per heavy atom. The monoisotopic (exact) mass is 189 g/mol. The Morgan fingerprint density at radius 3 is 2.79 bits per heavy atom. The molecule has 14 heavy (non-hydrogen) atoms. The normalized spacial score (nSPS) is 10.3. The van der Waals surface area contributed by atoms with Crippen LogP contribution in [0.3, 0.4) is 0 Å². The first-order valence-electron chi connectivity index (χ1n) is 4.28. The molecular formula is C11H11NO2. The Balaban J connectivity index is 2.82. The van der Waals surface area contributed by atoms with Crippen LogP contribution in [0.15, 0.2) is 24.3 Å². The lowest BCUT2D eigenvalue weighted by Crippen LogP contribution is -1.79. The highest BCUT2D eigenvalue weighted by Gasteiger charge is 1.98. The van der Waals surface area contributed by atoms with E-state index in [2.05, 4.69) is 0 Å². The van der Waals surface area contributed by atoms with Gasteiger partial charge in [0.2, 0.25) is 0 Å². The van der Waals surface area contributed by atoms with Crippen LogP contribution in [0.4, 0.5) is 0 Å². The standard InChI is InChI=1S/C11H11NO2/c12-8-10-5-4-9(7-11(10)14)3-1-2-6-13/h1,3-5,7,13-14H,2,6H2. The number of aliphatic hydroxyl groups is 1. The Morgan fingerprint density at radius 2 is 2.21 bits per heavy atom. The lowest BCUT2D eigenvalue weighted by atomic mass is 10.1. The summed E-state index contributed by atoms with van der Waals surface area (Å²) in [5.41, 5.74) is 1.08. The summed E-state index contributed by atoms with van der Waals surface area (Å²) in [7, 11) is 0. The zero-order valence-corrected chi connectivity index (χ0v) is 7.64. The number of benzene rings is 1. The van der Waals surface area contributed by atoms with Gasteiger partial charge in [0, 0.05) is 6.61 Å². The zero-order valence-electron chi connectivity index (χ0n) is 7.64. The van der Waals surface area contributed by atoms with E-state index in [1.807, 2.05) is 6.07 Å². The molecule has 0 heterocycles. The molecule has 0 aliphatic rings. The van der Waals surface area contributed by atoms with Crippen LogP contribution in [-0.4, -0.2) is 16.8 Å². The van der Waals surface area contributed by atoms with Gasteiger partial charge >= 0.3 is 0 Å². The van der Waals surface area contributed by atoms with Crippen molar-refractivity contribution in [1.82, 2.24) is 0 Å². The predicted octanol–water partition coefficient (Wildman–Crippen LogP) is 1.66. The number of phenols is 1.